The molecule has 0 radical (unpaired) electrons. The van der Waals surface area contributed by atoms with Crippen molar-refractivity contribution in [2.24, 2.45) is 0 Å². The van der Waals surface area contributed by atoms with Crippen molar-refractivity contribution >= 4 is 29.0 Å². The molecule has 1 aromatic heterocycles. The number of carbonyl (C=O) groups excluding carboxylic acids is 1. The van der Waals surface area contributed by atoms with Crippen LogP contribution in [0.5, 0.6) is 0 Å². The highest BCUT2D eigenvalue weighted by molar-refractivity contribution is 5.97. The Hall–Kier alpha value is -3.34. The van der Waals surface area contributed by atoms with Gasteiger partial charge in [-0.05, 0) is 43.5 Å². The van der Waals surface area contributed by atoms with Crippen LogP contribution in [0.15, 0.2) is 66.4 Å². The van der Waals surface area contributed by atoms with E-state index in [0.29, 0.717) is 17.5 Å². The molecule has 0 fully saturated rings. The molecule has 138 valence electrons. The fourth-order valence-electron chi connectivity index (χ4n) is 3.15. The predicted molar refractivity (Wildman–Crippen MR) is 107 cm³/mol. The van der Waals surface area contributed by atoms with Gasteiger partial charge in [0.1, 0.15) is 0 Å². The largest absolute Gasteiger partial charge is 0.464 e. The summed E-state index contributed by atoms with van der Waals surface area (Å²) in [6.45, 7) is 3.70. The first-order chi connectivity index (χ1) is 13.0. The molecule has 1 amide bonds. The van der Waals surface area contributed by atoms with E-state index in [4.69, 9.17) is 0 Å². The van der Waals surface area contributed by atoms with Crippen LogP contribution in [-0.4, -0.2) is 27.7 Å². The summed E-state index contributed by atoms with van der Waals surface area (Å²) in [4.78, 5) is 23.9. The maximum Gasteiger partial charge on any atom is 0.416 e. The number of hydrogen-bond donors (Lipinski definition) is 2. The highest BCUT2D eigenvalue weighted by atomic mass is 16.4. The first-order valence-corrected chi connectivity index (χ1v) is 8.82. The minimum Gasteiger partial charge on any atom is -0.464 e. The molecule has 5 nitrogen and oxygen atoms in total. The number of rotatable bonds is 5. The van der Waals surface area contributed by atoms with E-state index in [2.05, 4.69) is 5.32 Å². The number of nitrogens with one attached hydrogen (secondary N) is 1. The zero-order valence-corrected chi connectivity index (χ0v) is 15.3. The Labute approximate surface area is 157 Å². The molecule has 0 spiro atoms. The van der Waals surface area contributed by atoms with E-state index >= 15 is 0 Å². The molecule has 1 heterocycles. The molecule has 0 aliphatic carbocycles. The summed E-state index contributed by atoms with van der Waals surface area (Å²) >= 11 is 0. The SMILES string of the molecule is CC(=Cc1ccccc1)C(=O)N[C@H](C)Cc1cn(C(=O)O)c2ccccc12. The summed E-state index contributed by atoms with van der Waals surface area (Å²) in [6.07, 6.45) is 3.00. The second-order valence-electron chi connectivity index (χ2n) is 6.64. The zero-order chi connectivity index (χ0) is 19.4. The highest BCUT2D eigenvalue weighted by Gasteiger charge is 2.16. The minimum absolute atomic E-state index is 0.131. The van der Waals surface area contributed by atoms with E-state index in [1.54, 1.807) is 19.2 Å². The molecule has 2 N–H and O–H groups in total. The predicted octanol–water partition coefficient (Wildman–Crippen LogP) is 4.32. The van der Waals surface area contributed by atoms with Crippen molar-refractivity contribution in [1.29, 1.82) is 0 Å². The number of fused-ring (bicyclic) bond motifs is 1. The lowest BCUT2D eigenvalue weighted by Gasteiger charge is -2.14. The van der Waals surface area contributed by atoms with Crippen LogP contribution in [0.25, 0.3) is 17.0 Å². The van der Waals surface area contributed by atoms with E-state index in [0.717, 1.165) is 16.5 Å². The number of carbonyl (C=O) groups is 2. The van der Waals surface area contributed by atoms with Gasteiger partial charge in [-0.1, -0.05) is 48.5 Å². The molecule has 0 aliphatic rings. The van der Waals surface area contributed by atoms with Gasteiger partial charge in [-0.15, -0.1) is 0 Å². The normalized spacial score (nSPS) is 12.7. The molecule has 2 aromatic carbocycles. The zero-order valence-electron chi connectivity index (χ0n) is 15.3. The number of amides is 1. The maximum absolute atomic E-state index is 12.4. The van der Waals surface area contributed by atoms with Crippen LogP contribution in [0, 0.1) is 0 Å². The van der Waals surface area contributed by atoms with Gasteiger partial charge >= 0.3 is 6.09 Å². The topological polar surface area (TPSA) is 71.3 Å². The number of nitrogens with zero attached hydrogens (tertiary/aromatic N) is 1. The van der Waals surface area contributed by atoms with Crippen molar-refractivity contribution in [2.75, 3.05) is 0 Å². The fraction of sp³-hybridized carbons (Fsp3) is 0.182. The smallest absolute Gasteiger partial charge is 0.416 e. The molecule has 1 atom stereocenters. The Bertz CT molecular complexity index is 1000. The van der Waals surface area contributed by atoms with Crippen LogP contribution in [0.1, 0.15) is 25.0 Å². The van der Waals surface area contributed by atoms with Gasteiger partial charge in [0.2, 0.25) is 5.91 Å². The van der Waals surface area contributed by atoms with Crippen molar-refractivity contribution < 1.29 is 14.7 Å². The van der Waals surface area contributed by atoms with E-state index in [1.807, 2.05) is 61.5 Å². The van der Waals surface area contributed by atoms with Crippen molar-refractivity contribution in [1.82, 2.24) is 9.88 Å². The summed E-state index contributed by atoms with van der Waals surface area (Å²) in [6, 6.07) is 16.9. The van der Waals surface area contributed by atoms with Crippen molar-refractivity contribution in [3.05, 3.63) is 77.5 Å². The number of carboxylic acid groups (broad SMARTS) is 1. The van der Waals surface area contributed by atoms with Gasteiger partial charge in [0.15, 0.2) is 0 Å². The standard InChI is InChI=1S/C22H22N2O3/c1-15(12-17-8-4-3-5-9-17)21(25)23-16(2)13-18-14-24(22(26)27)20-11-7-6-10-19(18)20/h3-12,14,16H,13H2,1-2H3,(H,23,25)(H,26,27)/t16-/m1/s1. The van der Waals surface area contributed by atoms with Crippen molar-refractivity contribution in [3.8, 4) is 0 Å². The second-order valence-corrected chi connectivity index (χ2v) is 6.64. The van der Waals surface area contributed by atoms with Gasteiger partial charge in [-0.2, -0.15) is 0 Å². The van der Waals surface area contributed by atoms with E-state index in [9.17, 15) is 14.7 Å². The van der Waals surface area contributed by atoms with Crippen LogP contribution < -0.4 is 5.32 Å². The average molecular weight is 362 g/mol. The monoisotopic (exact) mass is 362 g/mol. The van der Waals surface area contributed by atoms with Crippen molar-refractivity contribution in [3.63, 3.8) is 0 Å². The van der Waals surface area contributed by atoms with E-state index in [-0.39, 0.29) is 11.9 Å². The Morgan fingerprint density at radius 1 is 1.11 bits per heavy atom. The first-order valence-electron chi connectivity index (χ1n) is 8.82. The Balaban J connectivity index is 1.73. The Kier molecular flexibility index (Phi) is 5.41. The molecule has 0 unspecified atom stereocenters. The Morgan fingerprint density at radius 2 is 1.78 bits per heavy atom. The summed E-state index contributed by atoms with van der Waals surface area (Å²) in [5, 5.41) is 13.2. The second kappa shape index (κ2) is 7.91. The van der Waals surface area contributed by atoms with E-state index in [1.165, 1.54) is 4.57 Å². The average Bonchev–Trinajstić information content (AvgIpc) is 3.01. The quantitative estimate of drug-likeness (QED) is 0.664. The fourth-order valence-corrected chi connectivity index (χ4v) is 3.15. The third-order valence-electron chi connectivity index (χ3n) is 4.45. The lowest BCUT2D eigenvalue weighted by molar-refractivity contribution is -0.117. The number of para-hydroxylation sites is 1. The molecule has 0 aliphatic heterocycles. The summed E-state index contributed by atoms with van der Waals surface area (Å²) in [5.74, 6) is -0.131. The maximum atomic E-state index is 12.4. The third-order valence-corrected chi connectivity index (χ3v) is 4.45. The van der Waals surface area contributed by atoms with Gasteiger partial charge in [-0.25, -0.2) is 4.79 Å². The van der Waals surface area contributed by atoms with Gasteiger partial charge in [0.25, 0.3) is 0 Å². The lowest BCUT2D eigenvalue weighted by atomic mass is 10.1. The minimum atomic E-state index is -1.02. The van der Waals surface area contributed by atoms with Gasteiger partial charge in [0.05, 0.1) is 5.52 Å². The molecule has 3 rings (SSSR count). The number of benzene rings is 2. The number of aromatic nitrogens is 1. The summed E-state index contributed by atoms with van der Waals surface area (Å²) in [5.41, 5.74) is 3.15. The molecule has 0 bridgehead atoms. The molecular formula is C22H22N2O3. The van der Waals surface area contributed by atoms with Gasteiger partial charge in [-0.3, -0.25) is 9.36 Å². The third kappa shape index (κ3) is 4.26. The van der Waals surface area contributed by atoms with Crippen LogP contribution >= 0.6 is 0 Å². The van der Waals surface area contributed by atoms with Crippen LogP contribution in [0.2, 0.25) is 0 Å². The van der Waals surface area contributed by atoms with Gasteiger partial charge < -0.3 is 10.4 Å². The van der Waals surface area contributed by atoms with Gasteiger partial charge in [0, 0.05) is 23.2 Å². The number of hydrogen-bond acceptors (Lipinski definition) is 2. The summed E-state index contributed by atoms with van der Waals surface area (Å²) in [7, 11) is 0. The highest BCUT2D eigenvalue weighted by Crippen LogP contribution is 2.22. The first kappa shape index (κ1) is 18.5. The molecule has 27 heavy (non-hydrogen) atoms. The van der Waals surface area contributed by atoms with Crippen LogP contribution in [-0.2, 0) is 11.2 Å². The Morgan fingerprint density at radius 3 is 2.48 bits per heavy atom. The van der Waals surface area contributed by atoms with Crippen molar-refractivity contribution in [2.45, 2.75) is 26.3 Å². The summed E-state index contributed by atoms with van der Waals surface area (Å²) < 4.78 is 1.22. The molecule has 0 saturated carbocycles. The molecular weight excluding hydrogens is 340 g/mol. The van der Waals surface area contributed by atoms with Crippen LogP contribution in [0.4, 0.5) is 4.79 Å². The van der Waals surface area contributed by atoms with E-state index < -0.39 is 6.09 Å². The molecule has 3 aromatic rings. The van der Waals surface area contributed by atoms with Crippen LogP contribution in [0.3, 0.4) is 0 Å². The lowest BCUT2D eigenvalue weighted by Crippen LogP contribution is -2.34. The molecule has 0 saturated heterocycles. The molecule has 5 heteroatoms.